The second-order valence-electron chi connectivity index (χ2n) is 8.18. The van der Waals surface area contributed by atoms with Gasteiger partial charge in [0.15, 0.2) is 0 Å². The lowest BCUT2D eigenvalue weighted by Crippen LogP contribution is -2.54. The summed E-state index contributed by atoms with van der Waals surface area (Å²) in [6.07, 6.45) is 1.65. The van der Waals surface area contributed by atoms with Gasteiger partial charge in [-0.15, -0.1) is 0 Å². The smallest absolute Gasteiger partial charge is 0.317 e. The summed E-state index contributed by atoms with van der Waals surface area (Å²) >= 11 is 0. The van der Waals surface area contributed by atoms with Crippen LogP contribution in [0, 0.1) is 0 Å². The number of benzene rings is 2. The van der Waals surface area contributed by atoms with Crippen molar-refractivity contribution < 1.29 is 19.1 Å². The number of carbonyl (C=O) groups is 3. The fraction of sp³-hybridized carbons (Fsp3) is 0.400. The zero-order chi connectivity index (χ0) is 23.6. The van der Waals surface area contributed by atoms with Crippen molar-refractivity contribution in [1.82, 2.24) is 20.9 Å². The van der Waals surface area contributed by atoms with E-state index in [1.807, 2.05) is 54.6 Å². The molecule has 0 aliphatic carbocycles. The normalized spacial score (nSPS) is 14.8. The quantitative estimate of drug-likeness (QED) is 0.572. The lowest BCUT2D eigenvalue weighted by atomic mass is 10.0. The van der Waals surface area contributed by atoms with E-state index in [1.165, 1.54) is 6.92 Å². The van der Waals surface area contributed by atoms with Crippen LogP contribution in [0.4, 0.5) is 4.79 Å². The first-order valence-corrected chi connectivity index (χ1v) is 11.2. The van der Waals surface area contributed by atoms with E-state index in [2.05, 4.69) is 16.0 Å². The zero-order valence-corrected chi connectivity index (χ0v) is 19.2. The molecule has 1 aliphatic rings. The number of urea groups is 1. The molecule has 8 nitrogen and oxygen atoms in total. The molecule has 0 aromatic heterocycles. The van der Waals surface area contributed by atoms with Gasteiger partial charge < -0.3 is 25.6 Å². The average Bonchev–Trinajstić information content (AvgIpc) is 2.83. The van der Waals surface area contributed by atoms with Crippen LogP contribution in [0.5, 0.6) is 5.75 Å². The molecule has 1 heterocycles. The van der Waals surface area contributed by atoms with Gasteiger partial charge in [-0.05, 0) is 30.0 Å². The number of piperidine rings is 1. The van der Waals surface area contributed by atoms with Gasteiger partial charge in [-0.3, -0.25) is 9.59 Å². The molecular weight excluding hydrogens is 420 g/mol. The summed E-state index contributed by atoms with van der Waals surface area (Å²) in [5, 5.41) is 8.74. The van der Waals surface area contributed by atoms with Crippen molar-refractivity contribution in [1.29, 1.82) is 0 Å². The van der Waals surface area contributed by atoms with E-state index in [1.54, 1.807) is 12.0 Å². The molecule has 1 unspecified atom stereocenters. The SMILES string of the molecule is COc1ccccc1CC(NC(C)=O)C(=O)NC1CCN(C(=O)NCc2ccccc2)CC1. The van der Waals surface area contributed by atoms with E-state index in [4.69, 9.17) is 4.74 Å². The third-order valence-electron chi connectivity index (χ3n) is 5.73. The van der Waals surface area contributed by atoms with Crippen molar-refractivity contribution in [2.24, 2.45) is 0 Å². The summed E-state index contributed by atoms with van der Waals surface area (Å²) < 4.78 is 5.38. The van der Waals surface area contributed by atoms with E-state index in [-0.39, 0.29) is 23.9 Å². The van der Waals surface area contributed by atoms with Crippen LogP contribution in [0.25, 0.3) is 0 Å². The van der Waals surface area contributed by atoms with Crippen LogP contribution >= 0.6 is 0 Å². The first-order valence-electron chi connectivity index (χ1n) is 11.2. The Morgan fingerprint density at radius 3 is 2.36 bits per heavy atom. The van der Waals surface area contributed by atoms with Gasteiger partial charge in [0.05, 0.1) is 7.11 Å². The van der Waals surface area contributed by atoms with Gasteiger partial charge in [-0.1, -0.05) is 48.5 Å². The fourth-order valence-electron chi connectivity index (χ4n) is 3.96. The molecule has 3 rings (SSSR count). The number of carbonyl (C=O) groups excluding carboxylic acids is 3. The minimum Gasteiger partial charge on any atom is -0.496 e. The maximum absolute atomic E-state index is 13.0. The topological polar surface area (TPSA) is 99.8 Å². The molecule has 1 fully saturated rings. The Bertz CT molecular complexity index is 942. The van der Waals surface area contributed by atoms with Gasteiger partial charge in [-0.25, -0.2) is 4.79 Å². The Kier molecular flexibility index (Phi) is 8.69. The molecule has 0 spiro atoms. The molecule has 1 aliphatic heterocycles. The minimum absolute atomic E-state index is 0.0513. The van der Waals surface area contributed by atoms with Crippen molar-refractivity contribution in [2.45, 2.75) is 44.8 Å². The number of hydrogen-bond acceptors (Lipinski definition) is 4. The average molecular weight is 453 g/mol. The number of nitrogens with zero attached hydrogens (tertiary/aromatic N) is 1. The number of para-hydroxylation sites is 1. The summed E-state index contributed by atoms with van der Waals surface area (Å²) in [5.74, 6) is 0.175. The van der Waals surface area contributed by atoms with E-state index in [9.17, 15) is 14.4 Å². The lowest BCUT2D eigenvalue weighted by molar-refractivity contribution is -0.128. The molecule has 0 radical (unpaired) electrons. The van der Waals surface area contributed by atoms with Crippen LogP contribution < -0.4 is 20.7 Å². The molecule has 0 saturated carbocycles. The van der Waals surface area contributed by atoms with Crippen LogP contribution in [0.2, 0.25) is 0 Å². The number of amides is 4. The Hall–Kier alpha value is -3.55. The molecule has 1 saturated heterocycles. The van der Waals surface area contributed by atoms with Crippen molar-refractivity contribution in [3.63, 3.8) is 0 Å². The second-order valence-corrected chi connectivity index (χ2v) is 8.18. The highest BCUT2D eigenvalue weighted by Crippen LogP contribution is 2.19. The Balaban J connectivity index is 1.50. The maximum atomic E-state index is 13.0. The van der Waals surface area contributed by atoms with Gasteiger partial charge in [0.25, 0.3) is 0 Å². The molecular formula is C25H32N4O4. The number of likely N-dealkylation sites (tertiary alicyclic amines) is 1. The lowest BCUT2D eigenvalue weighted by Gasteiger charge is -2.33. The van der Waals surface area contributed by atoms with Crippen LogP contribution in [0.3, 0.4) is 0 Å². The zero-order valence-electron chi connectivity index (χ0n) is 19.2. The van der Waals surface area contributed by atoms with Gasteiger partial charge >= 0.3 is 6.03 Å². The molecule has 1 atom stereocenters. The van der Waals surface area contributed by atoms with Gasteiger partial charge in [0, 0.05) is 39.0 Å². The molecule has 33 heavy (non-hydrogen) atoms. The first-order chi connectivity index (χ1) is 16.0. The summed E-state index contributed by atoms with van der Waals surface area (Å²) in [5.41, 5.74) is 1.89. The Morgan fingerprint density at radius 2 is 1.70 bits per heavy atom. The fourth-order valence-corrected chi connectivity index (χ4v) is 3.96. The third-order valence-corrected chi connectivity index (χ3v) is 5.73. The van der Waals surface area contributed by atoms with Gasteiger partial charge in [0.2, 0.25) is 11.8 Å². The molecule has 2 aromatic rings. The first kappa shape index (κ1) is 24.1. The number of methoxy groups -OCH3 is 1. The van der Waals surface area contributed by atoms with Crippen LogP contribution in [0.15, 0.2) is 54.6 Å². The van der Waals surface area contributed by atoms with E-state index in [0.717, 1.165) is 11.1 Å². The highest BCUT2D eigenvalue weighted by atomic mass is 16.5. The van der Waals surface area contributed by atoms with E-state index < -0.39 is 6.04 Å². The highest BCUT2D eigenvalue weighted by molar-refractivity contribution is 5.87. The standard InChI is InChI=1S/C25H32N4O4/c1-18(30)27-22(16-20-10-6-7-11-23(20)33-2)24(31)28-21-12-14-29(15-13-21)25(32)26-17-19-8-4-3-5-9-19/h3-11,21-22H,12-17H2,1-2H3,(H,26,32)(H,27,30)(H,28,31). The number of nitrogens with one attached hydrogen (secondary N) is 3. The number of ether oxygens (including phenoxy) is 1. The third kappa shape index (κ3) is 7.24. The molecule has 176 valence electrons. The number of rotatable bonds is 8. The molecule has 8 heteroatoms. The van der Waals surface area contributed by atoms with E-state index in [0.29, 0.717) is 44.6 Å². The van der Waals surface area contributed by atoms with Crippen molar-refractivity contribution in [2.75, 3.05) is 20.2 Å². The molecule has 2 aromatic carbocycles. The predicted octanol–water partition coefficient (Wildman–Crippen LogP) is 2.23. The minimum atomic E-state index is -0.703. The van der Waals surface area contributed by atoms with Gasteiger partial charge in [-0.2, -0.15) is 0 Å². The molecule has 0 bridgehead atoms. The molecule has 4 amide bonds. The van der Waals surface area contributed by atoms with Crippen LogP contribution in [-0.2, 0) is 22.6 Å². The number of hydrogen-bond donors (Lipinski definition) is 3. The Morgan fingerprint density at radius 1 is 1.03 bits per heavy atom. The van der Waals surface area contributed by atoms with Crippen LogP contribution in [-0.4, -0.2) is 55.0 Å². The summed E-state index contributed by atoms with van der Waals surface area (Å²) in [6.45, 7) is 3.00. The summed E-state index contributed by atoms with van der Waals surface area (Å²) in [4.78, 5) is 38.9. The van der Waals surface area contributed by atoms with Crippen molar-refractivity contribution in [3.8, 4) is 5.75 Å². The second kappa shape index (κ2) is 11.9. The molecule has 3 N–H and O–H groups in total. The van der Waals surface area contributed by atoms with Gasteiger partial charge in [0.1, 0.15) is 11.8 Å². The monoisotopic (exact) mass is 452 g/mol. The van der Waals surface area contributed by atoms with E-state index >= 15 is 0 Å². The Labute approximate surface area is 194 Å². The largest absolute Gasteiger partial charge is 0.496 e. The van der Waals surface area contributed by atoms with Crippen molar-refractivity contribution in [3.05, 3.63) is 65.7 Å². The van der Waals surface area contributed by atoms with Crippen LogP contribution in [0.1, 0.15) is 30.9 Å². The predicted molar refractivity (Wildman–Crippen MR) is 126 cm³/mol. The van der Waals surface area contributed by atoms with Crippen molar-refractivity contribution >= 4 is 17.8 Å². The maximum Gasteiger partial charge on any atom is 0.317 e. The summed E-state index contributed by atoms with van der Waals surface area (Å²) in [7, 11) is 1.58. The summed E-state index contributed by atoms with van der Waals surface area (Å²) in [6, 6.07) is 16.4. The highest BCUT2D eigenvalue weighted by Gasteiger charge is 2.27.